The Balaban J connectivity index is 2.99. The lowest BCUT2D eigenvalue weighted by Gasteiger charge is -2.22. The van der Waals surface area contributed by atoms with E-state index in [1.807, 2.05) is 19.9 Å². The fourth-order valence-electron chi connectivity index (χ4n) is 2.19. The maximum atomic E-state index is 9.95. The third-order valence-corrected chi connectivity index (χ3v) is 3.79. The highest BCUT2D eigenvalue weighted by Gasteiger charge is 2.22. The van der Waals surface area contributed by atoms with Crippen LogP contribution in [0.2, 0.25) is 5.02 Å². The lowest BCUT2D eigenvalue weighted by molar-refractivity contribution is 0.00943. The zero-order valence-electron chi connectivity index (χ0n) is 12.4. The molecular weight excluding hydrogens is 280 g/mol. The molecule has 0 heterocycles. The minimum Gasteiger partial charge on any atom is -0.496 e. The van der Waals surface area contributed by atoms with E-state index in [4.69, 9.17) is 21.1 Å². The van der Waals surface area contributed by atoms with Gasteiger partial charge in [0.05, 0.1) is 31.5 Å². The van der Waals surface area contributed by atoms with E-state index in [0.29, 0.717) is 29.4 Å². The van der Waals surface area contributed by atoms with Crippen LogP contribution in [0.5, 0.6) is 11.5 Å². The Labute approximate surface area is 125 Å². The first kappa shape index (κ1) is 17.1. The van der Waals surface area contributed by atoms with Gasteiger partial charge in [-0.3, -0.25) is 0 Å². The molecule has 1 aromatic carbocycles. The van der Waals surface area contributed by atoms with Crippen LogP contribution in [0, 0.1) is 0 Å². The molecule has 3 atom stereocenters. The first-order chi connectivity index (χ1) is 9.44. The molecular formula is C15H23ClO4. The van der Waals surface area contributed by atoms with E-state index in [-0.39, 0.29) is 5.92 Å². The molecule has 1 aromatic rings. The van der Waals surface area contributed by atoms with Crippen molar-refractivity contribution in [2.24, 2.45) is 0 Å². The average Bonchev–Trinajstić information content (AvgIpc) is 2.45. The van der Waals surface area contributed by atoms with Crippen LogP contribution in [0.3, 0.4) is 0 Å². The zero-order valence-corrected chi connectivity index (χ0v) is 13.1. The Morgan fingerprint density at radius 3 is 2.20 bits per heavy atom. The van der Waals surface area contributed by atoms with Crippen LogP contribution >= 0.6 is 11.6 Å². The summed E-state index contributed by atoms with van der Waals surface area (Å²) >= 11 is 6.07. The van der Waals surface area contributed by atoms with E-state index in [0.717, 1.165) is 5.56 Å². The summed E-state index contributed by atoms with van der Waals surface area (Å²) in [7, 11) is 3.13. The molecule has 5 heteroatoms. The maximum absolute atomic E-state index is 9.95. The first-order valence-electron chi connectivity index (χ1n) is 6.72. The summed E-state index contributed by atoms with van der Waals surface area (Å²) in [6.07, 6.45) is -0.510. The standard InChI is InChI=1S/C15H23ClO4/c1-5-12(17)13(18)6-9(2)10-7-15(20-4)11(16)8-14(10)19-3/h7-9,12-13,17-18H,5-6H2,1-4H3. The number of aliphatic hydroxyl groups excluding tert-OH is 2. The van der Waals surface area contributed by atoms with Gasteiger partial charge in [-0.15, -0.1) is 0 Å². The van der Waals surface area contributed by atoms with Crippen LogP contribution in [0.25, 0.3) is 0 Å². The largest absolute Gasteiger partial charge is 0.496 e. The predicted molar refractivity (Wildman–Crippen MR) is 79.9 cm³/mol. The number of aliphatic hydroxyl groups is 2. The molecule has 0 radical (unpaired) electrons. The molecule has 0 aliphatic rings. The number of benzene rings is 1. The van der Waals surface area contributed by atoms with E-state index in [2.05, 4.69) is 0 Å². The van der Waals surface area contributed by atoms with Gasteiger partial charge in [-0.2, -0.15) is 0 Å². The Morgan fingerprint density at radius 1 is 1.10 bits per heavy atom. The Hall–Kier alpha value is -0.970. The molecule has 0 aliphatic carbocycles. The first-order valence-corrected chi connectivity index (χ1v) is 7.09. The molecule has 20 heavy (non-hydrogen) atoms. The predicted octanol–water partition coefficient (Wildman–Crippen LogP) is 2.98. The highest BCUT2D eigenvalue weighted by molar-refractivity contribution is 6.32. The van der Waals surface area contributed by atoms with Gasteiger partial charge in [-0.05, 0) is 24.8 Å². The van der Waals surface area contributed by atoms with E-state index in [9.17, 15) is 10.2 Å². The van der Waals surface area contributed by atoms with Crippen LogP contribution in [0.15, 0.2) is 12.1 Å². The summed E-state index contributed by atoms with van der Waals surface area (Å²) in [6, 6.07) is 3.52. The minimum atomic E-state index is -0.763. The van der Waals surface area contributed by atoms with Gasteiger partial charge in [-0.25, -0.2) is 0 Å². The van der Waals surface area contributed by atoms with Crippen molar-refractivity contribution in [3.8, 4) is 11.5 Å². The number of hydrogen-bond donors (Lipinski definition) is 2. The number of ether oxygens (including phenoxy) is 2. The Kier molecular flexibility index (Phi) is 6.59. The van der Waals surface area contributed by atoms with E-state index in [1.54, 1.807) is 20.3 Å². The van der Waals surface area contributed by atoms with Gasteiger partial charge in [0.25, 0.3) is 0 Å². The molecule has 0 spiro atoms. The average molecular weight is 303 g/mol. The summed E-state index contributed by atoms with van der Waals surface area (Å²) in [5.74, 6) is 1.23. The number of rotatable bonds is 7. The molecule has 0 saturated carbocycles. The van der Waals surface area contributed by atoms with Gasteiger partial charge in [0.1, 0.15) is 11.5 Å². The topological polar surface area (TPSA) is 58.9 Å². The van der Waals surface area contributed by atoms with Crippen LogP contribution in [-0.2, 0) is 0 Å². The molecule has 2 N–H and O–H groups in total. The molecule has 3 unspecified atom stereocenters. The molecule has 0 fully saturated rings. The van der Waals surface area contributed by atoms with E-state index >= 15 is 0 Å². The zero-order chi connectivity index (χ0) is 15.3. The fourth-order valence-corrected chi connectivity index (χ4v) is 2.42. The molecule has 0 saturated heterocycles. The molecule has 4 nitrogen and oxygen atoms in total. The highest BCUT2D eigenvalue weighted by Crippen LogP contribution is 2.37. The molecule has 0 aliphatic heterocycles. The quantitative estimate of drug-likeness (QED) is 0.813. The smallest absolute Gasteiger partial charge is 0.138 e. The summed E-state index contributed by atoms with van der Waals surface area (Å²) < 4.78 is 10.5. The lowest BCUT2D eigenvalue weighted by Crippen LogP contribution is -2.26. The van der Waals surface area contributed by atoms with Crippen molar-refractivity contribution in [2.45, 2.75) is 44.8 Å². The second-order valence-electron chi connectivity index (χ2n) is 4.91. The van der Waals surface area contributed by atoms with Crippen molar-refractivity contribution in [2.75, 3.05) is 14.2 Å². The molecule has 0 bridgehead atoms. The molecule has 1 rings (SSSR count). The van der Waals surface area contributed by atoms with E-state index < -0.39 is 12.2 Å². The van der Waals surface area contributed by atoms with Gasteiger partial charge in [0, 0.05) is 11.6 Å². The lowest BCUT2D eigenvalue weighted by atomic mass is 9.91. The number of methoxy groups -OCH3 is 2. The van der Waals surface area contributed by atoms with Crippen molar-refractivity contribution < 1.29 is 19.7 Å². The van der Waals surface area contributed by atoms with Crippen LogP contribution in [0.1, 0.15) is 38.2 Å². The second kappa shape index (κ2) is 7.72. The van der Waals surface area contributed by atoms with Gasteiger partial charge in [0.15, 0.2) is 0 Å². The van der Waals surface area contributed by atoms with Crippen LogP contribution in [-0.4, -0.2) is 36.6 Å². The van der Waals surface area contributed by atoms with E-state index in [1.165, 1.54) is 0 Å². The fraction of sp³-hybridized carbons (Fsp3) is 0.600. The van der Waals surface area contributed by atoms with Crippen molar-refractivity contribution in [1.29, 1.82) is 0 Å². The third-order valence-electron chi connectivity index (χ3n) is 3.49. The monoisotopic (exact) mass is 302 g/mol. The van der Waals surface area contributed by atoms with Crippen molar-refractivity contribution >= 4 is 11.6 Å². The normalized spacial score (nSPS) is 15.6. The molecule has 0 aromatic heterocycles. The second-order valence-corrected chi connectivity index (χ2v) is 5.32. The van der Waals surface area contributed by atoms with Gasteiger partial charge in [-0.1, -0.05) is 25.4 Å². The summed E-state index contributed by atoms with van der Waals surface area (Å²) in [5, 5.41) is 20.1. The van der Waals surface area contributed by atoms with Gasteiger partial charge >= 0.3 is 0 Å². The van der Waals surface area contributed by atoms with Crippen molar-refractivity contribution in [1.82, 2.24) is 0 Å². The highest BCUT2D eigenvalue weighted by atomic mass is 35.5. The number of hydrogen-bond acceptors (Lipinski definition) is 4. The maximum Gasteiger partial charge on any atom is 0.138 e. The SMILES string of the molecule is CCC(O)C(O)CC(C)c1cc(OC)c(Cl)cc1OC. The molecule has 0 amide bonds. The van der Waals surface area contributed by atoms with Crippen LogP contribution < -0.4 is 9.47 Å². The minimum absolute atomic E-state index is 0.00677. The van der Waals surface area contributed by atoms with Gasteiger partial charge in [0.2, 0.25) is 0 Å². The molecule has 114 valence electrons. The van der Waals surface area contributed by atoms with Crippen LogP contribution in [0.4, 0.5) is 0 Å². The summed E-state index contributed by atoms with van der Waals surface area (Å²) in [4.78, 5) is 0. The number of halogens is 1. The van der Waals surface area contributed by atoms with Crippen molar-refractivity contribution in [3.05, 3.63) is 22.7 Å². The van der Waals surface area contributed by atoms with Gasteiger partial charge < -0.3 is 19.7 Å². The summed E-state index contributed by atoms with van der Waals surface area (Å²) in [6.45, 7) is 3.81. The third kappa shape index (κ3) is 4.01. The Bertz CT molecular complexity index is 436. The van der Waals surface area contributed by atoms with Crippen molar-refractivity contribution in [3.63, 3.8) is 0 Å². The summed E-state index contributed by atoms with van der Waals surface area (Å²) in [5.41, 5.74) is 0.899. The Morgan fingerprint density at radius 2 is 1.70 bits per heavy atom.